The van der Waals surface area contributed by atoms with Gasteiger partial charge in [-0.2, -0.15) is 0 Å². The van der Waals surface area contributed by atoms with Gasteiger partial charge in [-0.1, -0.05) is 0 Å². The van der Waals surface area contributed by atoms with Crippen LogP contribution in [0.3, 0.4) is 0 Å². The van der Waals surface area contributed by atoms with E-state index in [0.29, 0.717) is 11.9 Å². The van der Waals surface area contributed by atoms with Gasteiger partial charge in [0.25, 0.3) is 0 Å². The van der Waals surface area contributed by atoms with Crippen LogP contribution < -0.4 is 4.90 Å². The summed E-state index contributed by atoms with van der Waals surface area (Å²) in [5.74, 6) is 0.486. The maximum atomic E-state index is 5.81. The smallest absolute Gasteiger partial charge is 0.0648 e. The lowest BCUT2D eigenvalue weighted by atomic mass is 10.2. The molecular weight excluding hydrogens is 234 g/mol. The Morgan fingerprint density at radius 1 is 1.29 bits per heavy atom. The topological polar surface area (TPSA) is 19.4 Å². The van der Waals surface area contributed by atoms with Crippen molar-refractivity contribution in [3.05, 3.63) is 24.0 Å². The van der Waals surface area contributed by atoms with E-state index in [9.17, 15) is 0 Å². The molecule has 0 N–H and O–H groups in total. The van der Waals surface area contributed by atoms with Crippen LogP contribution in [0.2, 0.25) is 0 Å². The fraction of sp³-hybridized carbons (Fsp3) is 0.615. The molecule has 1 saturated heterocycles. The summed E-state index contributed by atoms with van der Waals surface area (Å²) in [4.78, 5) is 9.15. The van der Waals surface area contributed by atoms with E-state index in [-0.39, 0.29) is 0 Å². The number of nitrogens with zero attached hydrogens (tertiary/aromatic N) is 3. The van der Waals surface area contributed by atoms with Crippen LogP contribution in [-0.4, -0.2) is 42.1 Å². The van der Waals surface area contributed by atoms with Crippen LogP contribution in [-0.2, 0) is 5.88 Å². The lowest BCUT2D eigenvalue weighted by Gasteiger charge is -2.38. The summed E-state index contributed by atoms with van der Waals surface area (Å²) in [7, 11) is 0. The Kier molecular flexibility index (Phi) is 4.24. The van der Waals surface area contributed by atoms with Crippen molar-refractivity contribution in [2.45, 2.75) is 25.8 Å². The van der Waals surface area contributed by atoms with Crippen molar-refractivity contribution >= 4 is 17.3 Å². The average molecular weight is 254 g/mol. The van der Waals surface area contributed by atoms with Crippen molar-refractivity contribution in [2.75, 3.05) is 31.1 Å². The third-order valence-electron chi connectivity index (χ3n) is 3.35. The van der Waals surface area contributed by atoms with Crippen LogP contribution in [0.5, 0.6) is 0 Å². The Hall–Kier alpha value is -0.800. The van der Waals surface area contributed by atoms with Crippen LogP contribution in [0.4, 0.5) is 5.69 Å². The highest BCUT2D eigenvalue weighted by atomic mass is 35.5. The van der Waals surface area contributed by atoms with Crippen molar-refractivity contribution in [3.63, 3.8) is 0 Å². The van der Waals surface area contributed by atoms with Gasteiger partial charge in [-0.3, -0.25) is 9.88 Å². The van der Waals surface area contributed by atoms with Gasteiger partial charge >= 0.3 is 0 Å². The second-order valence-corrected chi connectivity index (χ2v) is 5.02. The van der Waals surface area contributed by atoms with E-state index in [4.69, 9.17) is 11.6 Å². The molecule has 0 radical (unpaired) electrons. The summed E-state index contributed by atoms with van der Waals surface area (Å²) in [6, 6.07) is 4.81. The second-order valence-electron chi connectivity index (χ2n) is 4.76. The summed E-state index contributed by atoms with van der Waals surface area (Å²) < 4.78 is 0. The molecule has 1 fully saturated rings. The Morgan fingerprint density at radius 2 is 2.00 bits per heavy atom. The highest BCUT2D eigenvalue weighted by Gasteiger charge is 2.18. The molecule has 2 heterocycles. The van der Waals surface area contributed by atoms with Crippen molar-refractivity contribution in [1.29, 1.82) is 0 Å². The number of piperazine rings is 1. The zero-order valence-corrected chi connectivity index (χ0v) is 11.3. The lowest BCUT2D eigenvalue weighted by Crippen LogP contribution is -2.48. The minimum Gasteiger partial charge on any atom is -0.369 e. The number of halogens is 1. The number of hydrogen-bond donors (Lipinski definition) is 0. The van der Waals surface area contributed by atoms with Crippen molar-refractivity contribution in [2.24, 2.45) is 0 Å². The molecule has 1 aliphatic rings. The number of rotatable bonds is 3. The van der Waals surface area contributed by atoms with E-state index in [1.165, 1.54) is 5.69 Å². The van der Waals surface area contributed by atoms with Crippen molar-refractivity contribution < 1.29 is 0 Å². The lowest BCUT2D eigenvalue weighted by molar-refractivity contribution is 0.209. The number of pyridine rings is 1. The molecule has 4 heteroatoms. The first kappa shape index (κ1) is 12.7. The van der Waals surface area contributed by atoms with E-state index in [1.54, 1.807) is 0 Å². The number of aromatic nitrogens is 1. The third kappa shape index (κ3) is 3.11. The summed E-state index contributed by atoms with van der Waals surface area (Å²) >= 11 is 5.81. The summed E-state index contributed by atoms with van der Waals surface area (Å²) in [6.45, 7) is 8.96. The molecule has 1 aliphatic heterocycles. The van der Waals surface area contributed by atoms with Gasteiger partial charge in [-0.25, -0.2) is 0 Å². The van der Waals surface area contributed by atoms with Crippen LogP contribution in [0.1, 0.15) is 19.5 Å². The van der Waals surface area contributed by atoms with E-state index in [1.807, 2.05) is 6.20 Å². The standard InChI is InChI=1S/C13H20ClN3/c1-11(2)16-5-7-17(8-6-16)13-3-4-15-12(9-13)10-14/h3-4,9,11H,5-8,10H2,1-2H3. The Labute approximate surface area is 108 Å². The predicted molar refractivity (Wildman–Crippen MR) is 72.7 cm³/mol. The molecule has 0 aromatic carbocycles. The van der Waals surface area contributed by atoms with Crippen molar-refractivity contribution in [3.8, 4) is 0 Å². The Morgan fingerprint density at radius 3 is 2.59 bits per heavy atom. The van der Waals surface area contributed by atoms with Gasteiger partial charge in [0.15, 0.2) is 0 Å². The molecule has 17 heavy (non-hydrogen) atoms. The molecule has 0 amide bonds. The Balaban J connectivity index is 2.00. The largest absolute Gasteiger partial charge is 0.369 e. The fourth-order valence-electron chi connectivity index (χ4n) is 2.23. The summed E-state index contributed by atoms with van der Waals surface area (Å²) in [6.07, 6.45) is 1.85. The van der Waals surface area contributed by atoms with Gasteiger partial charge in [0.1, 0.15) is 0 Å². The second kappa shape index (κ2) is 5.69. The number of alkyl halides is 1. The van der Waals surface area contributed by atoms with Gasteiger partial charge in [0.05, 0.1) is 11.6 Å². The summed E-state index contributed by atoms with van der Waals surface area (Å²) in [5, 5.41) is 0. The quantitative estimate of drug-likeness (QED) is 0.771. The zero-order valence-electron chi connectivity index (χ0n) is 10.6. The van der Waals surface area contributed by atoms with Gasteiger partial charge in [0, 0.05) is 44.1 Å². The molecule has 1 aromatic heterocycles. The third-order valence-corrected chi connectivity index (χ3v) is 3.62. The first-order chi connectivity index (χ1) is 8.20. The maximum Gasteiger partial charge on any atom is 0.0648 e. The molecule has 0 spiro atoms. The normalized spacial score (nSPS) is 17.8. The minimum absolute atomic E-state index is 0.486. The van der Waals surface area contributed by atoms with Crippen LogP contribution in [0.25, 0.3) is 0 Å². The first-order valence-electron chi connectivity index (χ1n) is 6.20. The molecule has 2 rings (SSSR count). The van der Waals surface area contributed by atoms with E-state index in [0.717, 1.165) is 31.9 Å². The molecule has 0 saturated carbocycles. The molecule has 0 unspecified atom stereocenters. The number of hydrogen-bond acceptors (Lipinski definition) is 3. The first-order valence-corrected chi connectivity index (χ1v) is 6.74. The molecule has 1 aromatic rings. The highest BCUT2D eigenvalue weighted by molar-refractivity contribution is 6.16. The number of anilines is 1. The predicted octanol–water partition coefficient (Wildman–Crippen LogP) is 2.35. The van der Waals surface area contributed by atoms with Crippen LogP contribution in [0.15, 0.2) is 18.3 Å². The maximum absolute atomic E-state index is 5.81. The van der Waals surface area contributed by atoms with E-state index in [2.05, 4.69) is 40.8 Å². The molecule has 0 atom stereocenters. The van der Waals surface area contributed by atoms with Crippen molar-refractivity contribution in [1.82, 2.24) is 9.88 Å². The monoisotopic (exact) mass is 253 g/mol. The van der Waals surface area contributed by atoms with Crippen LogP contribution >= 0.6 is 11.6 Å². The van der Waals surface area contributed by atoms with E-state index >= 15 is 0 Å². The van der Waals surface area contributed by atoms with Gasteiger partial charge < -0.3 is 4.90 Å². The molecule has 3 nitrogen and oxygen atoms in total. The average Bonchev–Trinajstić information content (AvgIpc) is 2.39. The fourth-order valence-corrected chi connectivity index (χ4v) is 2.38. The van der Waals surface area contributed by atoms with Gasteiger partial charge in [-0.05, 0) is 26.0 Å². The van der Waals surface area contributed by atoms with Gasteiger partial charge in [-0.15, -0.1) is 11.6 Å². The molecular formula is C13H20ClN3. The van der Waals surface area contributed by atoms with E-state index < -0.39 is 0 Å². The molecule has 0 aliphatic carbocycles. The minimum atomic E-state index is 0.486. The molecule has 94 valence electrons. The Bertz CT molecular complexity index is 359. The highest BCUT2D eigenvalue weighted by Crippen LogP contribution is 2.18. The summed E-state index contributed by atoms with van der Waals surface area (Å²) in [5.41, 5.74) is 2.20. The zero-order chi connectivity index (χ0) is 12.3. The molecule has 0 bridgehead atoms. The SMILES string of the molecule is CC(C)N1CCN(c2ccnc(CCl)c2)CC1. The van der Waals surface area contributed by atoms with Crippen LogP contribution in [0, 0.1) is 0 Å². The van der Waals surface area contributed by atoms with Gasteiger partial charge in [0.2, 0.25) is 0 Å².